The first-order chi connectivity index (χ1) is 12.0. The van der Waals surface area contributed by atoms with Gasteiger partial charge < -0.3 is 15.0 Å². The number of ether oxygens (including phenoxy) is 1. The molecule has 0 spiro atoms. The zero-order valence-electron chi connectivity index (χ0n) is 14.9. The maximum atomic E-state index is 12.3. The van der Waals surface area contributed by atoms with Crippen LogP contribution in [0, 0.1) is 0 Å². The van der Waals surface area contributed by atoms with Gasteiger partial charge in [0.1, 0.15) is 5.75 Å². The molecule has 5 heteroatoms. The van der Waals surface area contributed by atoms with E-state index in [-0.39, 0.29) is 24.8 Å². The number of carbonyl (C=O) groups is 2. The smallest absolute Gasteiger partial charge is 0.243 e. The number of carbonyl (C=O) groups excluding carboxylic acids is 2. The molecular weight excluding hydrogens is 316 g/mol. The maximum absolute atomic E-state index is 12.3. The third-order valence-corrected chi connectivity index (χ3v) is 3.97. The SMILES string of the molecule is CCc1ccccc1NC(=O)CN(C)C(=O)Cc1cccc(OC)c1. The van der Waals surface area contributed by atoms with Crippen LogP contribution < -0.4 is 10.1 Å². The third-order valence-electron chi connectivity index (χ3n) is 3.97. The molecule has 2 rings (SSSR count). The molecule has 0 aliphatic rings. The molecule has 0 radical (unpaired) electrons. The lowest BCUT2D eigenvalue weighted by atomic mass is 10.1. The minimum atomic E-state index is -0.206. The highest BCUT2D eigenvalue weighted by atomic mass is 16.5. The Balaban J connectivity index is 1.92. The summed E-state index contributed by atoms with van der Waals surface area (Å²) in [5.74, 6) is 0.386. The fraction of sp³-hybridized carbons (Fsp3) is 0.300. The van der Waals surface area contributed by atoms with Gasteiger partial charge in [-0.05, 0) is 35.7 Å². The van der Waals surface area contributed by atoms with E-state index in [2.05, 4.69) is 5.32 Å². The lowest BCUT2D eigenvalue weighted by Gasteiger charge is -2.18. The van der Waals surface area contributed by atoms with E-state index in [0.717, 1.165) is 23.2 Å². The molecule has 0 aromatic heterocycles. The second kappa shape index (κ2) is 8.87. The lowest BCUT2D eigenvalue weighted by molar-refractivity contribution is -0.132. The van der Waals surface area contributed by atoms with Crippen LogP contribution in [0.3, 0.4) is 0 Å². The molecular formula is C20H24N2O3. The number of methoxy groups -OCH3 is 1. The lowest BCUT2D eigenvalue weighted by Crippen LogP contribution is -2.35. The number of benzene rings is 2. The minimum Gasteiger partial charge on any atom is -0.497 e. The molecule has 0 aliphatic heterocycles. The van der Waals surface area contributed by atoms with Gasteiger partial charge in [-0.1, -0.05) is 37.3 Å². The van der Waals surface area contributed by atoms with E-state index in [4.69, 9.17) is 4.74 Å². The maximum Gasteiger partial charge on any atom is 0.243 e. The number of rotatable bonds is 7. The van der Waals surface area contributed by atoms with Gasteiger partial charge in [0.05, 0.1) is 20.1 Å². The Kier molecular flexibility index (Phi) is 6.57. The summed E-state index contributed by atoms with van der Waals surface area (Å²) in [6.45, 7) is 2.05. The van der Waals surface area contributed by atoms with Crippen LogP contribution in [0.5, 0.6) is 5.75 Å². The van der Waals surface area contributed by atoms with E-state index < -0.39 is 0 Å². The van der Waals surface area contributed by atoms with Crippen molar-refractivity contribution in [3.63, 3.8) is 0 Å². The average molecular weight is 340 g/mol. The number of aryl methyl sites for hydroxylation is 1. The number of para-hydroxylation sites is 1. The van der Waals surface area contributed by atoms with Gasteiger partial charge in [0.2, 0.25) is 11.8 Å². The summed E-state index contributed by atoms with van der Waals surface area (Å²) in [6, 6.07) is 15.0. The van der Waals surface area contributed by atoms with Gasteiger partial charge in [0.25, 0.3) is 0 Å². The first-order valence-electron chi connectivity index (χ1n) is 8.28. The number of anilines is 1. The molecule has 0 saturated heterocycles. The van der Waals surface area contributed by atoms with Crippen molar-refractivity contribution in [3.8, 4) is 5.75 Å². The summed E-state index contributed by atoms with van der Waals surface area (Å²) < 4.78 is 5.16. The van der Waals surface area contributed by atoms with Crippen LogP contribution in [-0.4, -0.2) is 37.4 Å². The standard InChI is InChI=1S/C20H24N2O3/c1-4-16-9-5-6-11-18(16)21-19(23)14-22(2)20(24)13-15-8-7-10-17(12-15)25-3/h5-12H,4,13-14H2,1-3H3,(H,21,23). The van der Waals surface area contributed by atoms with Crippen molar-refractivity contribution in [2.75, 3.05) is 26.0 Å². The van der Waals surface area contributed by atoms with Gasteiger partial charge >= 0.3 is 0 Å². The van der Waals surface area contributed by atoms with Crippen LogP contribution in [0.25, 0.3) is 0 Å². The summed E-state index contributed by atoms with van der Waals surface area (Å²) in [5.41, 5.74) is 2.72. The number of nitrogens with one attached hydrogen (secondary N) is 1. The van der Waals surface area contributed by atoms with Gasteiger partial charge in [-0.3, -0.25) is 9.59 Å². The highest BCUT2D eigenvalue weighted by Crippen LogP contribution is 2.16. The highest BCUT2D eigenvalue weighted by Gasteiger charge is 2.14. The Labute approximate surface area is 148 Å². The minimum absolute atomic E-state index is 0.0147. The predicted molar refractivity (Wildman–Crippen MR) is 98.8 cm³/mol. The molecule has 0 heterocycles. The normalized spacial score (nSPS) is 10.2. The van der Waals surface area contributed by atoms with Crippen molar-refractivity contribution < 1.29 is 14.3 Å². The molecule has 2 aromatic rings. The van der Waals surface area contributed by atoms with Crippen molar-refractivity contribution in [1.29, 1.82) is 0 Å². The molecule has 132 valence electrons. The first kappa shape index (κ1) is 18.5. The Bertz CT molecular complexity index is 743. The first-order valence-corrected chi connectivity index (χ1v) is 8.28. The van der Waals surface area contributed by atoms with Gasteiger partial charge in [-0.15, -0.1) is 0 Å². The molecule has 0 unspecified atom stereocenters. The van der Waals surface area contributed by atoms with Gasteiger partial charge in [-0.25, -0.2) is 0 Å². The number of amides is 2. The predicted octanol–water partition coefficient (Wildman–Crippen LogP) is 2.90. The van der Waals surface area contributed by atoms with Crippen LogP contribution in [0.15, 0.2) is 48.5 Å². The van der Waals surface area contributed by atoms with E-state index in [1.807, 2.05) is 55.5 Å². The van der Waals surface area contributed by atoms with Crippen molar-refractivity contribution >= 4 is 17.5 Å². The highest BCUT2D eigenvalue weighted by molar-refractivity contribution is 5.95. The van der Waals surface area contributed by atoms with Crippen molar-refractivity contribution in [1.82, 2.24) is 4.90 Å². The molecule has 5 nitrogen and oxygen atoms in total. The van der Waals surface area contributed by atoms with Crippen LogP contribution in [-0.2, 0) is 22.4 Å². The fourth-order valence-corrected chi connectivity index (χ4v) is 2.54. The summed E-state index contributed by atoms with van der Waals surface area (Å²) in [4.78, 5) is 26.0. The molecule has 0 atom stereocenters. The zero-order chi connectivity index (χ0) is 18.2. The molecule has 0 bridgehead atoms. The number of hydrogen-bond donors (Lipinski definition) is 1. The largest absolute Gasteiger partial charge is 0.497 e. The van der Waals surface area contributed by atoms with Gasteiger partial charge in [-0.2, -0.15) is 0 Å². The fourth-order valence-electron chi connectivity index (χ4n) is 2.54. The van der Waals surface area contributed by atoms with E-state index in [9.17, 15) is 9.59 Å². The van der Waals surface area contributed by atoms with E-state index in [1.54, 1.807) is 14.2 Å². The van der Waals surface area contributed by atoms with E-state index in [1.165, 1.54) is 4.90 Å². The summed E-state index contributed by atoms with van der Waals surface area (Å²) in [6.07, 6.45) is 1.06. The van der Waals surface area contributed by atoms with Crippen LogP contribution >= 0.6 is 0 Å². The monoisotopic (exact) mass is 340 g/mol. The van der Waals surface area contributed by atoms with Crippen molar-refractivity contribution in [2.24, 2.45) is 0 Å². The molecule has 0 saturated carbocycles. The molecule has 1 N–H and O–H groups in total. The number of likely N-dealkylation sites (N-methyl/N-ethyl adjacent to an activating group) is 1. The quantitative estimate of drug-likeness (QED) is 0.843. The Hall–Kier alpha value is -2.82. The zero-order valence-corrected chi connectivity index (χ0v) is 14.9. The second-order valence-corrected chi connectivity index (χ2v) is 5.84. The topological polar surface area (TPSA) is 58.6 Å². The molecule has 2 amide bonds. The second-order valence-electron chi connectivity index (χ2n) is 5.84. The number of nitrogens with zero attached hydrogens (tertiary/aromatic N) is 1. The van der Waals surface area contributed by atoms with Gasteiger partial charge in [0.15, 0.2) is 0 Å². The average Bonchev–Trinajstić information content (AvgIpc) is 2.62. The summed E-state index contributed by atoms with van der Waals surface area (Å²) in [7, 11) is 3.22. The number of hydrogen-bond acceptors (Lipinski definition) is 3. The van der Waals surface area contributed by atoms with Crippen molar-refractivity contribution in [2.45, 2.75) is 19.8 Å². The molecule has 0 fully saturated rings. The summed E-state index contributed by atoms with van der Waals surface area (Å²) >= 11 is 0. The Morgan fingerprint density at radius 3 is 2.60 bits per heavy atom. The molecule has 2 aromatic carbocycles. The van der Waals surface area contributed by atoms with Crippen molar-refractivity contribution in [3.05, 3.63) is 59.7 Å². The van der Waals surface area contributed by atoms with E-state index >= 15 is 0 Å². The van der Waals surface area contributed by atoms with E-state index in [0.29, 0.717) is 5.75 Å². The van der Waals surface area contributed by atoms with Crippen LogP contribution in [0.4, 0.5) is 5.69 Å². The molecule has 0 aliphatic carbocycles. The summed E-state index contributed by atoms with van der Waals surface area (Å²) in [5, 5.41) is 2.88. The molecule has 25 heavy (non-hydrogen) atoms. The van der Waals surface area contributed by atoms with Gasteiger partial charge in [0, 0.05) is 12.7 Å². The Morgan fingerprint density at radius 2 is 1.88 bits per heavy atom. The van der Waals surface area contributed by atoms with Crippen LogP contribution in [0.2, 0.25) is 0 Å². The third kappa shape index (κ3) is 5.35. The Morgan fingerprint density at radius 1 is 1.12 bits per heavy atom. The van der Waals surface area contributed by atoms with Crippen LogP contribution in [0.1, 0.15) is 18.1 Å².